The van der Waals surface area contributed by atoms with Crippen molar-refractivity contribution >= 4 is 35.0 Å². The molecule has 0 saturated heterocycles. The molecule has 3 rings (SSSR count). The summed E-state index contributed by atoms with van der Waals surface area (Å²) >= 11 is 12.1. The molecule has 34 heavy (non-hydrogen) atoms. The molecule has 178 valence electrons. The van der Waals surface area contributed by atoms with Gasteiger partial charge < -0.3 is 19.7 Å². The zero-order valence-corrected chi connectivity index (χ0v) is 20.5. The fraction of sp³-hybridized carbons (Fsp3) is 0.231. The number of methoxy groups -OCH3 is 1. The monoisotopic (exact) mass is 500 g/mol. The van der Waals surface area contributed by atoms with Crippen molar-refractivity contribution < 1.29 is 19.1 Å². The van der Waals surface area contributed by atoms with E-state index < -0.39 is 6.04 Å². The van der Waals surface area contributed by atoms with Gasteiger partial charge >= 0.3 is 0 Å². The molecule has 0 aliphatic carbocycles. The predicted molar refractivity (Wildman–Crippen MR) is 133 cm³/mol. The van der Waals surface area contributed by atoms with Crippen LogP contribution >= 0.6 is 23.2 Å². The summed E-state index contributed by atoms with van der Waals surface area (Å²) in [7, 11) is 1.58. The standard InChI is InChI=1S/C26H26Cl2N2O4/c1-18(26(32)29-15-20-7-3-5-9-23(20)33-2)30(16-19-11-13-21(27)14-12-19)25(31)17-34-24-10-6-4-8-22(24)28/h3-14,18H,15-17H2,1-2H3,(H,29,32)/t18-/m1/s1. The number of carbonyl (C=O) groups is 2. The van der Waals surface area contributed by atoms with E-state index in [2.05, 4.69) is 5.32 Å². The summed E-state index contributed by atoms with van der Waals surface area (Å²) in [4.78, 5) is 27.6. The van der Waals surface area contributed by atoms with E-state index in [1.165, 1.54) is 4.90 Å². The molecular formula is C26H26Cl2N2O4. The van der Waals surface area contributed by atoms with E-state index >= 15 is 0 Å². The largest absolute Gasteiger partial charge is 0.496 e. The molecule has 1 N–H and O–H groups in total. The van der Waals surface area contributed by atoms with Crippen LogP contribution in [0.5, 0.6) is 11.5 Å². The molecule has 3 aromatic carbocycles. The van der Waals surface area contributed by atoms with Gasteiger partial charge in [-0.15, -0.1) is 0 Å². The fourth-order valence-corrected chi connectivity index (χ4v) is 3.65. The highest BCUT2D eigenvalue weighted by atomic mass is 35.5. The van der Waals surface area contributed by atoms with Crippen LogP contribution in [0, 0.1) is 0 Å². The Kier molecular flexibility index (Phi) is 9.19. The number of halogens is 2. The summed E-state index contributed by atoms with van der Waals surface area (Å²) in [6, 6.07) is 20.7. The highest BCUT2D eigenvalue weighted by molar-refractivity contribution is 6.32. The first-order valence-electron chi connectivity index (χ1n) is 10.7. The number of hydrogen-bond acceptors (Lipinski definition) is 4. The molecule has 0 spiro atoms. The summed E-state index contributed by atoms with van der Waals surface area (Å²) in [5, 5.41) is 3.88. The third-order valence-electron chi connectivity index (χ3n) is 5.27. The number of benzene rings is 3. The Bertz CT molecular complexity index is 1120. The summed E-state index contributed by atoms with van der Waals surface area (Å²) in [5.74, 6) is 0.427. The minimum atomic E-state index is -0.757. The van der Waals surface area contributed by atoms with Gasteiger partial charge in [-0.1, -0.05) is 65.7 Å². The van der Waals surface area contributed by atoms with Crippen molar-refractivity contribution in [2.24, 2.45) is 0 Å². The van der Waals surface area contributed by atoms with Crippen molar-refractivity contribution in [1.29, 1.82) is 0 Å². The number of rotatable bonds is 10. The van der Waals surface area contributed by atoms with Crippen LogP contribution in [0.3, 0.4) is 0 Å². The average molecular weight is 501 g/mol. The maximum atomic E-state index is 13.2. The number of hydrogen-bond donors (Lipinski definition) is 1. The second kappa shape index (κ2) is 12.3. The smallest absolute Gasteiger partial charge is 0.261 e. The summed E-state index contributed by atoms with van der Waals surface area (Å²) in [6.07, 6.45) is 0. The van der Waals surface area contributed by atoms with Gasteiger partial charge in [-0.25, -0.2) is 0 Å². The van der Waals surface area contributed by atoms with E-state index in [1.54, 1.807) is 50.4 Å². The number of nitrogens with zero attached hydrogens (tertiary/aromatic N) is 1. The van der Waals surface area contributed by atoms with Crippen molar-refractivity contribution in [3.05, 3.63) is 94.0 Å². The zero-order valence-electron chi connectivity index (χ0n) is 19.0. The van der Waals surface area contributed by atoms with E-state index in [9.17, 15) is 9.59 Å². The van der Waals surface area contributed by atoms with Crippen molar-refractivity contribution in [2.75, 3.05) is 13.7 Å². The number of amides is 2. The molecule has 0 aromatic heterocycles. The molecule has 0 fully saturated rings. The predicted octanol–water partition coefficient (Wildman–Crippen LogP) is 5.11. The van der Waals surface area contributed by atoms with E-state index in [0.29, 0.717) is 21.5 Å². The van der Waals surface area contributed by atoms with Crippen LogP contribution in [0.2, 0.25) is 10.0 Å². The number of ether oxygens (including phenoxy) is 2. The number of para-hydroxylation sites is 2. The molecule has 8 heteroatoms. The lowest BCUT2D eigenvalue weighted by Gasteiger charge is -2.29. The maximum Gasteiger partial charge on any atom is 0.261 e. The van der Waals surface area contributed by atoms with Crippen LogP contribution < -0.4 is 14.8 Å². The minimum Gasteiger partial charge on any atom is -0.496 e. The molecule has 6 nitrogen and oxygen atoms in total. The molecule has 1 atom stereocenters. The quantitative estimate of drug-likeness (QED) is 0.419. The van der Waals surface area contributed by atoms with Crippen LogP contribution in [0.4, 0.5) is 0 Å². The second-order valence-electron chi connectivity index (χ2n) is 7.57. The lowest BCUT2D eigenvalue weighted by Crippen LogP contribution is -2.48. The van der Waals surface area contributed by atoms with Gasteiger partial charge in [0.2, 0.25) is 5.91 Å². The van der Waals surface area contributed by atoms with E-state index in [-0.39, 0.29) is 31.5 Å². The normalized spacial score (nSPS) is 11.4. The molecule has 0 bridgehead atoms. The Morgan fingerprint density at radius 3 is 2.26 bits per heavy atom. The van der Waals surface area contributed by atoms with Gasteiger partial charge in [0, 0.05) is 23.7 Å². The molecular weight excluding hydrogens is 475 g/mol. The topological polar surface area (TPSA) is 67.9 Å². The van der Waals surface area contributed by atoms with Crippen LogP contribution in [-0.2, 0) is 22.7 Å². The molecule has 0 unspecified atom stereocenters. The molecule has 2 amide bonds. The average Bonchev–Trinajstić information content (AvgIpc) is 2.86. The Morgan fingerprint density at radius 2 is 1.59 bits per heavy atom. The van der Waals surface area contributed by atoms with E-state index in [1.807, 2.05) is 36.4 Å². The second-order valence-corrected chi connectivity index (χ2v) is 8.42. The lowest BCUT2D eigenvalue weighted by molar-refractivity contribution is -0.142. The Morgan fingerprint density at radius 1 is 0.941 bits per heavy atom. The van der Waals surface area contributed by atoms with Crippen molar-refractivity contribution in [3.63, 3.8) is 0 Å². The summed E-state index contributed by atoms with van der Waals surface area (Å²) < 4.78 is 11.0. The summed E-state index contributed by atoms with van der Waals surface area (Å²) in [5.41, 5.74) is 1.67. The van der Waals surface area contributed by atoms with Gasteiger partial charge in [0.25, 0.3) is 5.91 Å². The Balaban J connectivity index is 1.72. The molecule has 0 aliphatic heterocycles. The zero-order chi connectivity index (χ0) is 24.5. The van der Waals surface area contributed by atoms with Crippen LogP contribution in [0.15, 0.2) is 72.8 Å². The third-order valence-corrected chi connectivity index (χ3v) is 5.83. The van der Waals surface area contributed by atoms with Gasteiger partial charge in [0.1, 0.15) is 17.5 Å². The first kappa shape index (κ1) is 25.4. The molecule has 0 heterocycles. The fourth-order valence-electron chi connectivity index (χ4n) is 3.33. The maximum absolute atomic E-state index is 13.2. The van der Waals surface area contributed by atoms with E-state index in [0.717, 1.165) is 11.1 Å². The lowest BCUT2D eigenvalue weighted by atomic mass is 10.1. The van der Waals surface area contributed by atoms with Crippen molar-refractivity contribution in [3.8, 4) is 11.5 Å². The highest BCUT2D eigenvalue weighted by Gasteiger charge is 2.27. The third kappa shape index (κ3) is 6.89. The van der Waals surface area contributed by atoms with Gasteiger partial charge in [0.15, 0.2) is 6.61 Å². The van der Waals surface area contributed by atoms with Crippen LogP contribution in [0.25, 0.3) is 0 Å². The first-order chi connectivity index (χ1) is 16.4. The Labute approximate surface area is 209 Å². The summed E-state index contributed by atoms with van der Waals surface area (Å²) in [6.45, 7) is 1.90. The van der Waals surface area contributed by atoms with Crippen LogP contribution in [0.1, 0.15) is 18.1 Å². The molecule has 0 radical (unpaired) electrons. The van der Waals surface area contributed by atoms with Gasteiger partial charge in [-0.05, 0) is 42.8 Å². The number of nitrogens with one attached hydrogen (secondary N) is 1. The van der Waals surface area contributed by atoms with Gasteiger partial charge in [-0.3, -0.25) is 9.59 Å². The minimum absolute atomic E-state index is 0.213. The van der Waals surface area contributed by atoms with Gasteiger partial charge in [-0.2, -0.15) is 0 Å². The SMILES string of the molecule is COc1ccccc1CNC(=O)[C@@H](C)N(Cc1ccc(Cl)cc1)C(=O)COc1ccccc1Cl. The number of carbonyl (C=O) groups excluding carboxylic acids is 2. The first-order valence-corrected chi connectivity index (χ1v) is 11.5. The van der Waals surface area contributed by atoms with Gasteiger partial charge in [0.05, 0.1) is 12.1 Å². The Hall–Kier alpha value is -3.22. The molecule has 3 aromatic rings. The molecule has 0 saturated carbocycles. The molecule has 0 aliphatic rings. The van der Waals surface area contributed by atoms with E-state index in [4.69, 9.17) is 32.7 Å². The van der Waals surface area contributed by atoms with Crippen molar-refractivity contribution in [1.82, 2.24) is 10.2 Å². The van der Waals surface area contributed by atoms with Crippen molar-refractivity contribution in [2.45, 2.75) is 26.1 Å². The van der Waals surface area contributed by atoms with Crippen LogP contribution in [-0.4, -0.2) is 36.5 Å². The highest BCUT2D eigenvalue weighted by Crippen LogP contribution is 2.23.